The molecule has 320 valence electrons. The standard InChI is InChI=1S/C27H23BrN2.C15H14Br2N2.C12H11BO2/c1-3-27(4-2)23-14-19(16-29-25(23)26-24(27)15-20(28)17-30-26)22-13-9-8-12-21(22)18-10-6-5-7-11-18;1-3-15(4-2)11-5-9(16)7-18-13(11)14-12(15)6-10(17)8-19-14;14-13(15)12-9-5-4-8-11(12)10-6-2-1-3-7-10/h5-17H,3-4H2,1-2H3;5-8H,3-4H2,1-2H3;1-9,14-15H. The monoisotopic (exact) mass is 1030 g/mol. The van der Waals surface area contributed by atoms with Crippen molar-refractivity contribution >= 4 is 60.4 Å². The van der Waals surface area contributed by atoms with Gasteiger partial charge in [0.25, 0.3) is 0 Å². The lowest BCUT2D eigenvalue weighted by atomic mass is 9.74. The lowest BCUT2D eigenvalue weighted by Gasteiger charge is -2.29. The molecule has 10 heteroatoms. The fourth-order valence-corrected chi connectivity index (χ4v) is 10.7. The van der Waals surface area contributed by atoms with Crippen molar-refractivity contribution in [3.63, 3.8) is 0 Å². The van der Waals surface area contributed by atoms with Crippen LogP contribution in [0.1, 0.15) is 75.6 Å². The van der Waals surface area contributed by atoms with Crippen molar-refractivity contribution < 1.29 is 10.0 Å². The van der Waals surface area contributed by atoms with Gasteiger partial charge in [0.15, 0.2) is 0 Å². The zero-order chi connectivity index (χ0) is 45.0. The number of rotatable bonds is 8. The van der Waals surface area contributed by atoms with Gasteiger partial charge in [-0.15, -0.1) is 0 Å². The van der Waals surface area contributed by atoms with E-state index < -0.39 is 7.12 Å². The van der Waals surface area contributed by atoms with Gasteiger partial charge < -0.3 is 10.0 Å². The van der Waals surface area contributed by atoms with Gasteiger partial charge in [0.2, 0.25) is 0 Å². The molecule has 0 unspecified atom stereocenters. The van der Waals surface area contributed by atoms with Crippen LogP contribution in [0.5, 0.6) is 0 Å². The normalized spacial score (nSPS) is 13.3. The average molecular weight is 1040 g/mol. The second kappa shape index (κ2) is 19.6. The van der Waals surface area contributed by atoms with Crippen molar-refractivity contribution in [2.75, 3.05) is 0 Å². The second-order valence-corrected chi connectivity index (χ2v) is 18.8. The molecule has 0 saturated carbocycles. The van der Waals surface area contributed by atoms with Crippen LogP contribution in [0.15, 0.2) is 172 Å². The van der Waals surface area contributed by atoms with Gasteiger partial charge in [-0.05, 0) is 153 Å². The summed E-state index contributed by atoms with van der Waals surface area (Å²) in [5.41, 5.74) is 16.5. The first-order chi connectivity index (χ1) is 31.1. The first-order valence-corrected chi connectivity index (χ1v) is 24.1. The average Bonchev–Trinajstić information content (AvgIpc) is 3.77. The molecule has 0 bridgehead atoms. The molecule has 0 aliphatic heterocycles. The maximum Gasteiger partial charge on any atom is 0.489 e. The minimum absolute atomic E-state index is 0.0399. The highest BCUT2D eigenvalue weighted by atomic mass is 79.9. The number of fused-ring (bicyclic) bond motifs is 6. The Kier molecular flexibility index (Phi) is 13.9. The van der Waals surface area contributed by atoms with Gasteiger partial charge in [0.1, 0.15) is 0 Å². The number of halogens is 3. The van der Waals surface area contributed by atoms with Gasteiger partial charge in [0, 0.05) is 54.6 Å². The largest absolute Gasteiger partial charge is 0.489 e. The third-order valence-electron chi connectivity index (χ3n) is 13.0. The van der Waals surface area contributed by atoms with Crippen LogP contribution in [0.2, 0.25) is 0 Å². The Morgan fingerprint density at radius 2 is 0.734 bits per heavy atom. The van der Waals surface area contributed by atoms with E-state index in [0.717, 1.165) is 78.6 Å². The number of aromatic nitrogens is 4. The molecule has 10 rings (SSSR count). The predicted octanol–water partition coefficient (Wildman–Crippen LogP) is 13.8. The van der Waals surface area contributed by atoms with Crippen LogP contribution in [-0.4, -0.2) is 37.1 Å². The van der Waals surface area contributed by atoms with Gasteiger partial charge in [-0.2, -0.15) is 0 Å². The zero-order valence-electron chi connectivity index (χ0n) is 36.2. The molecule has 0 spiro atoms. The maximum atomic E-state index is 9.22. The molecule has 0 amide bonds. The van der Waals surface area contributed by atoms with Gasteiger partial charge in [-0.25, -0.2) is 0 Å². The summed E-state index contributed by atoms with van der Waals surface area (Å²) in [5, 5.41) is 18.4. The van der Waals surface area contributed by atoms with Crippen LogP contribution < -0.4 is 5.46 Å². The summed E-state index contributed by atoms with van der Waals surface area (Å²) in [4.78, 5) is 18.9. The van der Waals surface area contributed by atoms with Crippen LogP contribution >= 0.6 is 47.8 Å². The van der Waals surface area contributed by atoms with E-state index in [1.54, 1.807) is 12.1 Å². The van der Waals surface area contributed by atoms with Gasteiger partial charge in [0.05, 0.1) is 22.8 Å². The van der Waals surface area contributed by atoms with E-state index in [1.165, 1.54) is 38.9 Å². The van der Waals surface area contributed by atoms with Crippen molar-refractivity contribution in [2.24, 2.45) is 0 Å². The molecule has 0 fully saturated rings. The molecular weight excluding hydrogens is 987 g/mol. The molecule has 2 N–H and O–H groups in total. The summed E-state index contributed by atoms with van der Waals surface area (Å²) in [5.74, 6) is 0. The van der Waals surface area contributed by atoms with Crippen LogP contribution in [0, 0.1) is 0 Å². The van der Waals surface area contributed by atoms with E-state index in [0.29, 0.717) is 5.46 Å². The van der Waals surface area contributed by atoms with E-state index in [9.17, 15) is 10.0 Å². The highest BCUT2D eigenvalue weighted by Crippen LogP contribution is 2.53. The molecule has 6 nitrogen and oxygen atoms in total. The zero-order valence-corrected chi connectivity index (χ0v) is 41.0. The Labute approximate surface area is 401 Å². The van der Waals surface area contributed by atoms with Crippen LogP contribution in [0.25, 0.3) is 56.2 Å². The highest BCUT2D eigenvalue weighted by molar-refractivity contribution is 9.11. The Hall–Kier alpha value is -5.10. The summed E-state index contributed by atoms with van der Waals surface area (Å²) in [6, 6.07) is 45.1. The summed E-state index contributed by atoms with van der Waals surface area (Å²) in [6.45, 7) is 9.02. The molecule has 0 radical (unpaired) electrons. The van der Waals surface area contributed by atoms with E-state index in [-0.39, 0.29) is 10.8 Å². The Morgan fingerprint density at radius 3 is 1.14 bits per heavy atom. The lowest BCUT2D eigenvalue weighted by Crippen LogP contribution is -2.31. The molecule has 0 atom stereocenters. The van der Waals surface area contributed by atoms with Crippen LogP contribution in [0.4, 0.5) is 0 Å². The molecule has 4 heterocycles. The number of nitrogens with zero attached hydrogens (tertiary/aromatic N) is 4. The number of benzene rings is 4. The highest BCUT2D eigenvalue weighted by Gasteiger charge is 2.44. The Bertz CT molecular complexity index is 2870. The fourth-order valence-electron chi connectivity index (χ4n) is 9.66. The van der Waals surface area contributed by atoms with Crippen LogP contribution in [0.3, 0.4) is 0 Å². The number of pyridine rings is 4. The summed E-state index contributed by atoms with van der Waals surface area (Å²) >= 11 is 10.7. The molecule has 8 aromatic rings. The minimum Gasteiger partial charge on any atom is -0.423 e. The van der Waals surface area contributed by atoms with Crippen molar-refractivity contribution in [1.29, 1.82) is 0 Å². The predicted molar refractivity (Wildman–Crippen MR) is 273 cm³/mol. The summed E-state index contributed by atoms with van der Waals surface area (Å²) in [6.07, 6.45) is 11.8. The first kappa shape index (κ1) is 45.5. The SMILES string of the molecule is CCC1(CC)c2cc(Br)cnc2-c2ncc(-c3ccccc3-c3ccccc3)cc21.CCC1(CC)c2cc(Br)cnc2-c2ncc(Br)cc21.OB(O)c1ccccc1-c1ccccc1. The smallest absolute Gasteiger partial charge is 0.423 e. The minimum atomic E-state index is -1.43. The number of hydrogen-bond donors (Lipinski definition) is 2. The molecule has 4 aromatic heterocycles. The third-order valence-corrected chi connectivity index (χ3v) is 14.3. The van der Waals surface area contributed by atoms with Gasteiger partial charge in [-0.3, -0.25) is 19.9 Å². The molecule has 4 aromatic carbocycles. The molecule has 0 saturated heterocycles. The van der Waals surface area contributed by atoms with E-state index in [2.05, 4.69) is 164 Å². The lowest BCUT2D eigenvalue weighted by molar-refractivity contribution is 0.426. The maximum absolute atomic E-state index is 9.22. The molecular formula is C54H48BBr3N4O2. The van der Waals surface area contributed by atoms with Crippen molar-refractivity contribution in [3.05, 3.63) is 194 Å². The van der Waals surface area contributed by atoms with Gasteiger partial charge in [-0.1, -0.05) is 137 Å². The van der Waals surface area contributed by atoms with Crippen LogP contribution in [-0.2, 0) is 10.8 Å². The van der Waals surface area contributed by atoms with Crippen molar-refractivity contribution in [3.8, 4) is 56.2 Å². The van der Waals surface area contributed by atoms with E-state index in [1.807, 2.05) is 67.3 Å². The third kappa shape index (κ3) is 8.47. The van der Waals surface area contributed by atoms with Gasteiger partial charge >= 0.3 is 7.12 Å². The summed E-state index contributed by atoms with van der Waals surface area (Å²) < 4.78 is 3.09. The Balaban J connectivity index is 0.000000141. The Morgan fingerprint density at radius 1 is 0.406 bits per heavy atom. The fraction of sp³-hybridized carbons (Fsp3) is 0.185. The molecule has 2 aliphatic carbocycles. The quantitative estimate of drug-likeness (QED) is 0.147. The molecule has 2 aliphatic rings. The van der Waals surface area contributed by atoms with Crippen molar-refractivity contribution in [2.45, 2.75) is 64.2 Å². The first-order valence-electron chi connectivity index (χ1n) is 21.7. The van der Waals surface area contributed by atoms with E-state index in [4.69, 9.17) is 9.97 Å². The number of hydrogen-bond acceptors (Lipinski definition) is 6. The topological polar surface area (TPSA) is 92.0 Å². The van der Waals surface area contributed by atoms with Crippen molar-refractivity contribution in [1.82, 2.24) is 19.9 Å². The second-order valence-electron chi connectivity index (χ2n) is 16.1. The van der Waals surface area contributed by atoms with E-state index >= 15 is 0 Å². The summed E-state index contributed by atoms with van der Waals surface area (Å²) in [7, 11) is -1.43. The molecule has 64 heavy (non-hydrogen) atoms.